The first-order chi connectivity index (χ1) is 9.42. The normalized spacial score (nSPS) is 12.7. The first kappa shape index (κ1) is 14.8. The standard InChI is InChI=1S/C17H24N2O/c1-6-14-9-16(19(5)18-14)17(20)10-15-12(3)7-11(2)8-13(15)4/h7-9,17,20H,6,10H2,1-5H3. The van der Waals surface area contributed by atoms with Crippen LogP contribution in [0.2, 0.25) is 0 Å². The van der Waals surface area contributed by atoms with Gasteiger partial charge in [-0.05, 0) is 49.9 Å². The number of aromatic nitrogens is 2. The number of hydrogen-bond donors (Lipinski definition) is 1. The molecule has 0 amide bonds. The lowest BCUT2D eigenvalue weighted by atomic mass is 9.94. The lowest BCUT2D eigenvalue weighted by Gasteiger charge is -2.16. The molecule has 1 atom stereocenters. The number of aliphatic hydroxyl groups is 1. The van der Waals surface area contributed by atoms with Gasteiger partial charge in [0.05, 0.1) is 17.5 Å². The Kier molecular flexibility index (Phi) is 4.29. The highest BCUT2D eigenvalue weighted by atomic mass is 16.3. The zero-order chi connectivity index (χ0) is 14.9. The molecule has 0 fully saturated rings. The zero-order valence-electron chi connectivity index (χ0n) is 13.1. The van der Waals surface area contributed by atoms with Gasteiger partial charge in [0.25, 0.3) is 0 Å². The van der Waals surface area contributed by atoms with Gasteiger partial charge < -0.3 is 5.11 Å². The molecule has 20 heavy (non-hydrogen) atoms. The Morgan fingerprint density at radius 3 is 2.25 bits per heavy atom. The van der Waals surface area contributed by atoms with E-state index in [1.807, 2.05) is 13.1 Å². The minimum atomic E-state index is -0.507. The maximum Gasteiger partial charge on any atom is 0.0997 e. The quantitative estimate of drug-likeness (QED) is 0.928. The molecule has 1 heterocycles. The molecule has 0 spiro atoms. The van der Waals surface area contributed by atoms with Gasteiger partial charge >= 0.3 is 0 Å². The minimum Gasteiger partial charge on any atom is -0.386 e. The third kappa shape index (κ3) is 2.93. The Balaban J connectivity index is 2.27. The molecule has 3 heteroatoms. The molecule has 0 aliphatic carbocycles. The van der Waals surface area contributed by atoms with Crippen LogP contribution in [0.1, 0.15) is 46.7 Å². The van der Waals surface area contributed by atoms with Crippen molar-refractivity contribution in [2.75, 3.05) is 0 Å². The van der Waals surface area contributed by atoms with Crippen molar-refractivity contribution in [2.45, 2.75) is 46.6 Å². The van der Waals surface area contributed by atoms with Crippen LogP contribution in [0.3, 0.4) is 0 Å². The first-order valence-corrected chi connectivity index (χ1v) is 7.20. The van der Waals surface area contributed by atoms with Crippen LogP contribution >= 0.6 is 0 Å². The average molecular weight is 272 g/mol. The zero-order valence-corrected chi connectivity index (χ0v) is 13.1. The van der Waals surface area contributed by atoms with E-state index in [0.29, 0.717) is 6.42 Å². The van der Waals surface area contributed by atoms with Gasteiger partial charge in [0.15, 0.2) is 0 Å². The van der Waals surface area contributed by atoms with Crippen LogP contribution in [0.15, 0.2) is 18.2 Å². The van der Waals surface area contributed by atoms with E-state index in [0.717, 1.165) is 17.8 Å². The summed E-state index contributed by atoms with van der Waals surface area (Å²) in [6.45, 7) is 8.41. The van der Waals surface area contributed by atoms with Crippen LogP contribution in [0.4, 0.5) is 0 Å². The summed E-state index contributed by atoms with van der Waals surface area (Å²) in [5.41, 5.74) is 6.92. The second-order valence-electron chi connectivity index (χ2n) is 5.63. The monoisotopic (exact) mass is 272 g/mol. The van der Waals surface area contributed by atoms with Crippen LogP contribution in [-0.4, -0.2) is 14.9 Å². The summed E-state index contributed by atoms with van der Waals surface area (Å²) in [5.74, 6) is 0. The van der Waals surface area contributed by atoms with Crippen molar-refractivity contribution in [3.8, 4) is 0 Å². The number of hydrogen-bond acceptors (Lipinski definition) is 2. The van der Waals surface area contributed by atoms with Crippen LogP contribution < -0.4 is 0 Å². The third-order valence-corrected chi connectivity index (χ3v) is 3.91. The Labute approximate surface area is 121 Å². The Bertz CT molecular complexity index is 590. The fraction of sp³-hybridized carbons (Fsp3) is 0.471. The van der Waals surface area contributed by atoms with E-state index >= 15 is 0 Å². The van der Waals surface area contributed by atoms with Gasteiger partial charge in [-0.15, -0.1) is 0 Å². The van der Waals surface area contributed by atoms with E-state index in [1.165, 1.54) is 22.3 Å². The molecule has 0 saturated heterocycles. The van der Waals surface area contributed by atoms with Crippen molar-refractivity contribution in [3.63, 3.8) is 0 Å². The molecule has 2 rings (SSSR count). The van der Waals surface area contributed by atoms with Gasteiger partial charge in [0.1, 0.15) is 0 Å². The van der Waals surface area contributed by atoms with E-state index in [9.17, 15) is 5.11 Å². The molecule has 1 unspecified atom stereocenters. The molecule has 3 nitrogen and oxygen atoms in total. The lowest BCUT2D eigenvalue weighted by molar-refractivity contribution is 0.168. The molecule has 1 aromatic heterocycles. The summed E-state index contributed by atoms with van der Waals surface area (Å²) < 4.78 is 1.79. The SMILES string of the molecule is CCc1cc(C(O)Cc2c(C)cc(C)cc2C)n(C)n1. The van der Waals surface area contributed by atoms with Crippen molar-refractivity contribution in [1.29, 1.82) is 0 Å². The fourth-order valence-electron chi connectivity index (χ4n) is 2.86. The minimum absolute atomic E-state index is 0.507. The van der Waals surface area contributed by atoms with Gasteiger partial charge in [0.2, 0.25) is 0 Å². The van der Waals surface area contributed by atoms with E-state index in [4.69, 9.17) is 0 Å². The number of nitrogens with zero attached hydrogens (tertiary/aromatic N) is 2. The van der Waals surface area contributed by atoms with Crippen LogP contribution in [0.25, 0.3) is 0 Å². The second kappa shape index (κ2) is 5.80. The number of aliphatic hydroxyl groups excluding tert-OH is 1. The number of rotatable bonds is 4. The predicted octanol–water partition coefficient (Wildman–Crippen LogP) is 3.18. The first-order valence-electron chi connectivity index (χ1n) is 7.20. The summed E-state index contributed by atoms with van der Waals surface area (Å²) in [4.78, 5) is 0. The van der Waals surface area contributed by atoms with E-state index < -0.39 is 6.10 Å². The number of benzene rings is 1. The van der Waals surface area contributed by atoms with Crippen molar-refractivity contribution in [3.05, 3.63) is 51.8 Å². The van der Waals surface area contributed by atoms with Gasteiger partial charge in [-0.1, -0.05) is 24.6 Å². The van der Waals surface area contributed by atoms with Crippen molar-refractivity contribution < 1.29 is 5.11 Å². The summed E-state index contributed by atoms with van der Waals surface area (Å²) in [6.07, 6.45) is 1.02. The molecule has 1 aromatic carbocycles. The van der Waals surface area contributed by atoms with E-state index in [-0.39, 0.29) is 0 Å². The topological polar surface area (TPSA) is 38.0 Å². The number of aryl methyl sites for hydroxylation is 5. The summed E-state index contributed by atoms with van der Waals surface area (Å²) in [7, 11) is 1.90. The average Bonchev–Trinajstić information content (AvgIpc) is 2.75. The van der Waals surface area contributed by atoms with Gasteiger partial charge in [0, 0.05) is 13.5 Å². The van der Waals surface area contributed by atoms with Crippen molar-refractivity contribution in [1.82, 2.24) is 9.78 Å². The van der Waals surface area contributed by atoms with Gasteiger partial charge in [-0.25, -0.2) is 0 Å². The summed E-state index contributed by atoms with van der Waals surface area (Å²) in [6, 6.07) is 6.36. The Morgan fingerprint density at radius 2 is 1.75 bits per heavy atom. The van der Waals surface area contributed by atoms with Crippen molar-refractivity contribution >= 4 is 0 Å². The van der Waals surface area contributed by atoms with Crippen molar-refractivity contribution in [2.24, 2.45) is 7.05 Å². The molecule has 0 bridgehead atoms. The molecule has 2 aromatic rings. The molecular formula is C17H24N2O. The maximum atomic E-state index is 10.5. The molecule has 108 valence electrons. The highest BCUT2D eigenvalue weighted by Gasteiger charge is 2.16. The van der Waals surface area contributed by atoms with E-state index in [2.05, 4.69) is 44.9 Å². The largest absolute Gasteiger partial charge is 0.386 e. The van der Waals surface area contributed by atoms with Gasteiger partial charge in [-0.3, -0.25) is 4.68 Å². The van der Waals surface area contributed by atoms with Crippen LogP contribution in [0, 0.1) is 20.8 Å². The molecule has 0 aliphatic heterocycles. The van der Waals surface area contributed by atoms with Gasteiger partial charge in [-0.2, -0.15) is 5.10 Å². The Hall–Kier alpha value is -1.61. The molecule has 0 radical (unpaired) electrons. The Morgan fingerprint density at radius 1 is 1.15 bits per heavy atom. The second-order valence-corrected chi connectivity index (χ2v) is 5.63. The summed E-state index contributed by atoms with van der Waals surface area (Å²) in [5, 5.41) is 14.9. The molecular weight excluding hydrogens is 248 g/mol. The van der Waals surface area contributed by atoms with E-state index in [1.54, 1.807) is 4.68 Å². The molecule has 0 aliphatic rings. The fourth-order valence-corrected chi connectivity index (χ4v) is 2.86. The van der Waals surface area contributed by atoms with Crippen LogP contribution in [0.5, 0.6) is 0 Å². The smallest absolute Gasteiger partial charge is 0.0997 e. The highest BCUT2D eigenvalue weighted by Crippen LogP contribution is 2.24. The summed E-state index contributed by atoms with van der Waals surface area (Å²) >= 11 is 0. The molecule has 1 N–H and O–H groups in total. The predicted molar refractivity (Wildman–Crippen MR) is 81.9 cm³/mol. The van der Waals surface area contributed by atoms with Crippen LogP contribution in [-0.2, 0) is 19.9 Å². The third-order valence-electron chi connectivity index (χ3n) is 3.91. The maximum absolute atomic E-state index is 10.5. The highest BCUT2D eigenvalue weighted by molar-refractivity contribution is 5.38. The lowest BCUT2D eigenvalue weighted by Crippen LogP contribution is -2.09. The molecule has 0 saturated carbocycles.